The predicted octanol–water partition coefficient (Wildman–Crippen LogP) is 2.54. The number of Topliss-reactive ketones (excluding diaryl/α,β-unsaturated/α-hetero) is 2. The number of hydrogen-bond donors (Lipinski definition) is 0. The van der Waals surface area contributed by atoms with Crippen molar-refractivity contribution in [2.24, 2.45) is 5.92 Å². The van der Waals surface area contributed by atoms with E-state index in [2.05, 4.69) is 0 Å². The molecule has 1 heterocycles. The maximum absolute atomic E-state index is 12.4. The van der Waals surface area contributed by atoms with Gasteiger partial charge in [0.05, 0.1) is 6.61 Å². The highest BCUT2D eigenvalue weighted by Gasteiger charge is 2.45. The summed E-state index contributed by atoms with van der Waals surface area (Å²) in [6.07, 6.45) is 0.356. The third-order valence-electron chi connectivity index (χ3n) is 4.46. The van der Waals surface area contributed by atoms with Gasteiger partial charge in [-0.1, -0.05) is 24.3 Å². The summed E-state index contributed by atoms with van der Waals surface area (Å²) in [5.74, 6) is -1.12. The van der Waals surface area contributed by atoms with Gasteiger partial charge < -0.3 is 9.47 Å². The zero-order valence-electron chi connectivity index (χ0n) is 13.3. The van der Waals surface area contributed by atoms with E-state index < -0.39 is 17.2 Å². The van der Waals surface area contributed by atoms with Gasteiger partial charge in [0, 0.05) is 29.5 Å². The topological polar surface area (TPSA) is 69.7 Å². The van der Waals surface area contributed by atoms with Crippen LogP contribution in [0.4, 0.5) is 0 Å². The number of rotatable bonds is 2. The van der Waals surface area contributed by atoms with E-state index in [1.165, 1.54) is 6.92 Å². The van der Waals surface area contributed by atoms with Crippen LogP contribution in [0.5, 0.6) is 0 Å². The van der Waals surface area contributed by atoms with Crippen molar-refractivity contribution in [1.29, 1.82) is 0 Å². The van der Waals surface area contributed by atoms with Gasteiger partial charge in [-0.05, 0) is 20.3 Å². The standard InChI is InChI=1S/C18H18O5/c1-10(19)22-9-11-8-14-16(21)15(20)12-6-4-5-7-13(12)17(14)23-18(11,2)3/h4-7,11H,8-9H2,1-3H3. The normalized spacial score (nSPS) is 22.1. The van der Waals surface area contributed by atoms with Gasteiger partial charge in [-0.3, -0.25) is 14.4 Å². The van der Waals surface area contributed by atoms with Gasteiger partial charge in [0.2, 0.25) is 11.6 Å². The predicted molar refractivity (Wildman–Crippen MR) is 82.6 cm³/mol. The molecule has 23 heavy (non-hydrogen) atoms. The zero-order chi connectivity index (χ0) is 16.8. The molecule has 0 radical (unpaired) electrons. The summed E-state index contributed by atoms with van der Waals surface area (Å²) in [5.41, 5.74) is 0.809. The lowest BCUT2D eigenvalue weighted by Crippen LogP contribution is -2.43. The molecule has 0 spiro atoms. The molecule has 1 atom stereocenters. The van der Waals surface area contributed by atoms with Crippen molar-refractivity contribution in [3.8, 4) is 0 Å². The summed E-state index contributed by atoms with van der Waals surface area (Å²) in [5, 5.41) is 0. The van der Waals surface area contributed by atoms with E-state index in [1.807, 2.05) is 19.9 Å². The summed E-state index contributed by atoms with van der Waals surface area (Å²) in [7, 11) is 0. The van der Waals surface area contributed by atoms with Crippen molar-refractivity contribution in [2.75, 3.05) is 6.61 Å². The van der Waals surface area contributed by atoms with Crippen LogP contribution in [0.2, 0.25) is 0 Å². The van der Waals surface area contributed by atoms with Crippen molar-refractivity contribution in [3.05, 3.63) is 41.0 Å². The van der Waals surface area contributed by atoms with Crippen LogP contribution in [0.15, 0.2) is 29.8 Å². The van der Waals surface area contributed by atoms with Crippen LogP contribution >= 0.6 is 0 Å². The van der Waals surface area contributed by atoms with Gasteiger partial charge in [0.25, 0.3) is 0 Å². The smallest absolute Gasteiger partial charge is 0.302 e. The van der Waals surface area contributed by atoms with Crippen LogP contribution in [0.25, 0.3) is 5.76 Å². The maximum Gasteiger partial charge on any atom is 0.302 e. The fourth-order valence-corrected chi connectivity index (χ4v) is 3.02. The Labute approximate surface area is 134 Å². The van der Waals surface area contributed by atoms with E-state index in [4.69, 9.17) is 9.47 Å². The Morgan fingerprint density at radius 2 is 1.87 bits per heavy atom. The van der Waals surface area contributed by atoms with Crippen LogP contribution in [0, 0.1) is 5.92 Å². The first-order valence-corrected chi connectivity index (χ1v) is 7.55. The third-order valence-corrected chi connectivity index (χ3v) is 4.46. The van der Waals surface area contributed by atoms with Gasteiger partial charge in [0.1, 0.15) is 11.4 Å². The largest absolute Gasteiger partial charge is 0.486 e. The second-order valence-electron chi connectivity index (χ2n) is 6.42. The fourth-order valence-electron chi connectivity index (χ4n) is 3.02. The zero-order valence-corrected chi connectivity index (χ0v) is 13.3. The second-order valence-corrected chi connectivity index (χ2v) is 6.42. The first-order chi connectivity index (χ1) is 10.8. The van der Waals surface area contributed by atoms with Crippen LogP contribution < -0.4 is 0 Å². The quantitative estimate of drug-likeness (QED) is 0.620. The first kappa shape index (κ1) is 15.5. The first-order valence-electron chi connectivity index (χ1n) is 7.55. The lowest BCUT2D eigenvalue weighted by atomic mass is 9.77. The van der Waals surface area contributed by atoms with Gasteiger partial charge in [0.15, 0.2) is 0 Å². The Morgan fingerprint density at radius 1 is 1.22 bits per heavy atom. The summed E-state index contributed by atoms with van der Waals surface area (Å²) >= 11 is 0. The molecule has 1 aromatic carbocycles. The number of ether oxygens (including phenoxy) is 2. The molecule has 0 amide bonds. The van der Waals surface area contributed by atoms with E-state index in [9.17, 15) is 14.4 Å². The monoisotopic (exact) mass is 314 g/mol. The lowest BCUT2D eigenvalue weighted by Gasteiger charge is -2.41. The summed E-state index contributed by atoms with van der Waals surface area (Å²) < 4.78 is 11.2. The highest BCUT2D eigenvalue weighted by molar-refractivity contribution is 6.52. The van der Waals surface area contributed by atoms with E-state index in [0.29, 0.717) is 28.9 Å². The molecule has 0 saturated carbocycles. The second kappa shape index (κ2) is 5.33. The minimum absolute atomic E-state index is 0.155. The molecule has 5 heteroatoms. The van der Waals surface area contributed by atoms with Crippen molar-refractivity contribution >= 4 is 23.3 Å². The van der Waals surface area contributed by atoms with Crippen LogP contribution in [-0.4, -0.2) is 29.7 Å². The molecule has 0 fully saturated rings. The SMILES string of the molecule is CC(=O)OCC1CC2=C(OC1(C)C)c1ccccc1C(=O)C2=O. The van der Waals surface area contributed by atoms with Crippen LogP contribution in [-0.2, 0) is 19.1 Å². The molecule has 120 valence electrons. The van der Waals surface area contributed by atoms with Crippen LogP contribution in [0.1, 0.15) is 43.1 Å². The highest BCUT2D eigenvalue weighted by Crippen LogP contribution is 2.44. The number of hydrogen-bond acceptors (Lipinski definition) is 5. The van der Waals surface area contributed by atoms with Crippen molar-refractivity contribution in [3.63, 3.8) is 0 Å². The molecular formula is C18H18O5. The fraction of sp³-hybridized carbons (Fsp3) is 0.389. The van der Waals surface area contributed by atoms with E-state index >= 15 is 0 Å². The van der Waals surface area contributed by atoms with Gasteiger partial charge in [-0.25, -0.2) is 0 Å². The molecule has 2 aliphatic rings. The summed E-state index contributed by atoms with van der Waals surface area (Å²) in [6, 6.07) is 6.97. The number of allylic oxidation sites excluding steroid dienone is 1. The molecule has 3 rings (SSSR count). The van der Waals surface area contributed by atoms with Gasteiger partial charge >= 0.3 is 5.97 Å². The molecule has 5 nitrogen and oxygen atoms in total. The number of fused-ring (bicyclic) bond motifs is 2. The minimum Gasteiger partial charge on any atom is -0.486 e. The maximum atomic E-state index is 12.4. The average Bonchev–Trinajstić information content (AvgIpc) is 2.50. The third kappa shape index (κ3) is 2.56. The van der Waals surface area contributed by atoms with Crippen molar-refractivity contribution in [2.45, 2.75) is 32.8 Å². The Bertz CT molecular complexity index is 742. The average molecular weight is 314 g/mol. The molecule has 1 aromatic rings. The summed E-state index contributed by atoms with van der Waals surface area (Å²) in [6.45, 7) is 5.29. The number of ketones is 2. The van der Waals surface area contributed by atoms with Crippen molar-refractivity contribution < 1.29 is 23.9 Å². The Balaban J connectivity index is 2.03. The molecule has 1 aliphatic heterocycles. The van der Waals surface area contributed by atoms with E-state index in [-0.39, 0.29) is 18.5 Å². The number of carbonyl (C=O) groups excluding carboxylic acids is 3. The number of benzene rings is 1. The molecule has 1 aliphatic carbocycles. The Hall–Kier alpha value is -2.43. The number of esters is 1. The highest BCUT2D eigenvalue weighted by atomic mass is 16.5. The van der Waals surface area contributed by atoms with Gasteiger partial charge in [-0.2, -0.15) is 0 Å². The lowest BCUT2D eigenvalue weighted by molar-refractivity contribution is -0.145. The molecule has 0 bridgehead atoms. The molecule has 0 saturated heterocycles. The minimum atomic E-state index is -0.609. The summed E-state index contributed by atoms with van der Waals surface area (Å²) in [4.78, 5) is 35.8. The molecule has 0 N–H and O–H groups in total. The van der Waals surface area contributed by atoms with E-state index in [0.717, 1.165) is 0 Å². The van der Waals surface area contributed by atoms with Gasteiger partial charge in [-0.15, -0.1) is 0 Å². The Morgan fingerprint density at radius 3 is 2.52 bits per heavy atom. The van der Waals surface area contributed by atoms with E-state index in [1.54, 1.807) is 18.2 Å². The molecule has 1 unspecified atom stereocenters. The Kier molecular flexibility index (Phi) is 3.59. The van der Waals surface area contributed by atoms with Crippen LogP contribution in [0.3, 0.4) is 0 Å². The van der Waals surface area contributed by atoms with Crippen molar-refractivity contribution in [1.82, 2.24) is 0 Å². The number of carbonyl (C=O) groups is 3. The molecular weight excluding hydrogens is 296 g/mol. The molecule has 0 aromatic heterocycles.